The summed E-state index contributed by atoms with van der Waals surface area (Å²) in [7, 11) is 1.15. The van der Waals surface area contributed by atoms with E-state index in [0.717, 1.165) is 100 Å². The zero-order chi connectivity index (χ0) is 60.6. The van der Waals surface area contributed by atoms with Gasteiger partial charge in [-0.15, -0.1) is 18.9 Å². The molecule has 6 aromatic carbocycles. The number of hydrogen-bond donors (Lipinski definition) is 4. The number of aliphatic hydroxyl groups is 1. The summed E-state index contributed by atoms with van der Waals surface area (Å²) in [6.45, 7) is 14.9. The van der Waals surface area contributed by atoms with Crippen LogP contribution in [-0.4, -0.2) is 87.5 Å². The molecule has 86 heavy (non-hydrogen) atoms. The van der Waals surface area contributed by atoms with Crippen molar-refractivity contribution in [1.29, 1.82) is 0 Å². The highest BCUT2D eigenvalue weighted by atomic mass is 32.8. The van der Waals surface area contributed by atoms with Gasteiger partial charge in [0.2, 0.25) is 11.8 Å². The minimum atomic E-state index is -0.178. The van der Waals surface area contributed by atoms with Gasteiger partial charge < -0.3 is 30.3 Å². The second-order valence-electron chi connectivity index (χ2n) is 22.6. The Morgan fingerprint density at radius 3 is 1.56 bits per heavy atom. The third kappa shape index (κ3) is 16.2. The first-order chi connectivity index (χ1) is 40.0. The Bertz CT molecular complexity index is 3580. The standard InChI is InChI=1S/C33H37N3O3S2.C17H14N2O3.C16H25NO2S2.2CH4/c1-6-22-14-23(16-25(15-22)35-31(37)11-12-33(3,4)41(5)40)20-39-30-18-28-27(13-21(30)2)32(38)36-26(19-34-28)17-24-9-7-8-10-29(24)36;1-22-16-7-12-13(8-15(16)20)18-9-11-6-10-4-2-3-5-14(10)19(11)17(12)21;1-5-12-8-13(11-18)10-14(9-12)17-15(19)6-7-16(2,3)21(4)20;;/h7-10,13-16,18-19,26H,6,11-12,17,20H2,1-5H3,(H,35,37);2-5,7-9,11,20H,6H2,1H3;8-10,18H,5-7,11H2,1-4H3,(H,17,19);2*1H4/t26-,41?;11-;;;/m00.../s1. The first-order valence-corrected chi connectivity index (χ1v) is 33.4. The summed E-state index contributed by atoms with van der Waals surface area (Å²) in [5.74, 6) is 0.767. The summed E-state index contributed by atoms with van der Waals surface area (Å²) < 4.78 is 11.3. The highest BCUT2D eigenvalue weighted by Crippen LogP contribution is 2.42. The molecular formula is C68H84N6O8S4. The molecule has 0 bridgehead atoms. The summed E-state index contributed by atoms with van der Waals surface area (Å²) in [6, 6.07) is 34.3. The zero-order valence-corrected chi connectivity index (χ0v) is 52.8. The lowest BCUT2D eigenvalue weighted by molar-refractivity contribution is -0.117. The average Bonchev–Trinajstić information content (AvgIpc) is 1.76. The van der Waals surface area contributed by atoms with E-state index in [1.807, 2.05) is 115 Å². The number of rotatable bonds is 17. The van der Waals surface area contributed by atoms with E-state index in [1.165, 1.54) is 13.2 Å². The molecule has 0 radical (unpaired) electrons. The van der Waals surface area contributed by atoms with Gasteiger partial charge in [0, 0.05) is 82.5 Å². The van der Waals surface area contributed by atoms with E-state index >= 15 is 0 Å². The lowest BCUT2D eigenvalue weighted by Gasteiger charge is -2.24. The summed E-state index contributed by atoms with van der Waals surface area (Å²) >= 11 is 10.8. The number of phenols is 1. The van der Waals surface area contributed by atoms with Gasteiger partial charge in [-0.2, -0.15) is 0 Å². The topological polar surface area (TPSA) is 182 Å². The van der Waals surface area contributed by atoms with Crippen LogP contribution in [0.15, 0.2) is 119 Å². The Kier molecular flexibility index (Phi) is 23.5. The number of para-hydroxylation sites is 2. The lowest BCUT2D eigenvalue weighted by Crippen LogP contribution is -2.37. The van der Waals surface area contributed by atoms with Crippen LogP contribution in [0.5, 0.6) is 17.2 Å². The molecule has 4 N–H and O–H groups in total. The number of carbonyl (C=O) groups is 4. The van der Waals surface area contributed by atoms with E-state index in [-0.39, 0.29) is 97.1 Å². The summed E-state index contributed by atoms with van der Waals surface area (Å²) in [5, 5.41) is 25.1. The first kappa shape index (κ1) is 68.2. The molecule has 0 saturated carbocycles. The third-order valence-electron chi connectivity index (χ3n) is 15.8. The highest BCUT2D eigenvalue weighted by molar-refractivity contribution is 8.29. The van der Waals surface area contributed by atoms with Gasteiger partial charge in [0.25, 0.3) is 11.8 Å². The maximum atomic E-state index is 13.6. The first-order valence-electron chi connectivity index (χ1n) is 28.3. The van der Waals surface area contributed by atoms with Crippen molar-refractivity contribution in [2.45, 2.75) is 149 Å². The molecule has 4 heterocycles. The molecule has 458 valence electrons. The number of methoxy groups -OCH3 is 1. The van der Waals surface area contributed by atoms with Gasteiger partial charge in [-0.25, -0.2) is 0 Å². The molecular weight excluding hydrogens is 1160 g/mol. The smallest absolute Gasteiger partial charge is 0.261 e. The third-order valence-corrected chi connectivity index (χ3v) is 22.0. The summed E-state index contributed by atoms with van der Waals surface area (Å²) in [6.07, 6.45) is 13.4. The Morgan fingerprint density at radius 2 is 1.09 bits per heavy atom. The van der Waals surface area contributed by atoms with Crippen LogP contribution in [0.2, 0.25) is 0 Å². The Morgan fingerprint density at radius 1 is 0.651 bits per heavy atom. The van der Waals surface area contributed by atoms with Crippen molar-refractivity contribution in [3.8, 4) is 17.2 Å². The SMILES string of the molecule is C.C.CCc1cc(CO)cc(NC(=O)CCC(C)(C)S(C)=S)c1.CCc1cc(COc2cc3c(cc2C)C(=O)N2c4ccccc4C[C@H]2C=N3)cc(NC(=O)CCC(C)(C)S(C)=S)c1.COc1cc2c(cc1O)N=C[C@@H]1Cc3ccccc3N1C2=O. The quantitative estimate of drug-likeness (QED) is 0.0686. The number of benzene rings is 6. The van der Waals surface area contributed by atoms with Crippen LogP contribution < -0.4 is 29.9 Å². The van der Waals surface area contributed by atoms with Crippen molar-refractivity contribution >= 4 is 111 Å². The fourth-order valence-electron chi connectivity index (χ4n) is 10.3. The second-order valence-corrected chi connectivity index (χ2v) is 29.7. The van der Waals surface area contributed by atoms with Crippen LogP contribution in [0.25, 0.3) is 0 Å². The number of aryl methyl sites for hydroxylation is 3. The fraction of sp³-hybridized carbons (Fsp3) is 0.382. The number of fused-ring (bicyclic) bond motifs is 8. The number of aromatic hydroxyl groups is 1. The normalized spacial score (nSPS) is 15.8. The van der Waals surface area contributed by atoms with Crippen molar-refractivity contribution in [2.24, 2.45) is 9.98 Å². The highest BCUT2D eigenvalue weighted by Gasteiger charge is 2.38. The molecule has 0 saturated heterocycles. The van der Waals surface area contributed by atoms with Crippen LogP contribution in [0.4, 0.5) is 34.1 Å². The number of nitrogens with one attached hydrogen (secondary N) is 2. The van der Waals surface area contributed by atoms with Crippen molar-refractivity contribution in [2.75, 3.05) is 40.1 Å². The molecule has 0 aliphatic carbocycles. The molecule has 4 aliphatic heterocycles. The molecule has 18 heteroatoms. The molecule has 4 aliphatic rings. The lowest BCUT2D eigenvalue weighted by atomic mass is 10.1. The molecule has 4 atom stereocenters. The van der Waals surface area contributed by atoms with Crippen molar-refractivity contribution in [3.05, 3.63) is 159 Å². The molecule has 10 rings (SSSR count). The second kappa shape index (κ2) is 29.6. The minimum absolute atomic E-state index is 0. The Balaban J connectivity index is 0.000000223. The molecule has 4 amide bonds. The average molecular weight is 1240 g/mol. The van der Waals surface area contributed by atoms with E-state index in [2.05, 4.69) is 69.3 Å². The Labute approximate surface area is 523 Å². The number of hydrogen-bond acceptors (Lipinski definition) is 12. The molecule has 2 unspecified atom stereocenters. The number of phenolic OH excluding ortho intramolecular Hbond substituents is 1. The number of aliphatic imine (C=N–C) groups is 2. The number of ether oxygens (including phenoxy) is 2. The number of anilines is 4. The van der Waals surface area contributed by atoms with Crippen LogP contribution in [-0.2, 0) is 89.8 Å². The minimum Gasteiger partial charge on any atom is -0.504 e. The van der Waals surface area contributed by atoms with Crippen LogP contribution in [0.1, 0.15) is 142 Å². The zero-order valence-electron chi connectivity index (χ0n) is 49.5. The molecule has 0 fully saturated rings. The van der Waals surface area contributed by atoms with Crippen molar-refractivity contribution in [3.63, 3.8) is 0 Å². The van der Waals surface area contributed by atoms with Gasteiger partial charge in [-0.3, -0.25) is 39.0 Å². The van der Waals surface area contributed by atoms with Gasteiger partial charge in [0.05, 0.1) is 48.3 Å². The number of aliphatic hydroxyl groups excluding tert-OH is 1. The van der Waals surface area contributed by atoms with Crippen LogP contribution in [0, 0.1) is 6.92 Å². The molecule has 0 spiro atoms. The summed E-state index contributed by atoms with van der Waals surface area (Å²) in [4.78, 5) is 64.1. The number of carbonyl (C=O) groups excluding carboxylic acids is 4. The largest absolute Gasteiger partial charge is 0.504 e. The van der Waals surface area contributed by atoms with Crippen LogP contribution >= 0.6 is 0 Å². The monoisotopic (exact) mass is 1240 g/mol. The summed E-state index contributed by atoms with van der Waals surface area (Å²) in [5.41, 5.74) is 12.7. The van der Waals surface area contributed by atoms with Gasteiger partial charge in [0.15, 0.2) is 11.5 Å². The fourth-order valence-corrected chi connectivity index (χ4v) is 11.5. The van der Waals surface area contributed by atoms with Crippen molar-refractivity contribution in [1.82, 2.24) is 0 Å². The van der Waals surface area contributed by atoms with E-state index < -0.39 is 0 Å². The number of amides is 4. The van der Waals surface area contributed by atoms with Crippen molar-refractivity contribution < 1.29 is 38.9 Å². The molecule has 0 aromatic heterocycles. The predicted octanol–water partition coefficient (Wildman–Crippen LogP) is 13.5. The van der Waals surface area contributed by atoms with Gasteiger partial charge in [-0.1, -0.05) is 127 Å². The van der Waals surface area contributed by atoms with E-state index in [4.69, 9.17) is 36.8 Å². The molecule has 14 nitrogen and oxygen atoms in total. The Hall–Kier alpha value is -6.96. The van der Waals surface area contributed by atoms with E-state index in [0.29, 0.717) is 47.7 Å². The predicted molar refractivity (Wildman–Crippen MR) is 364 cm³/mol. The maximum Gasteiger partial charge on any atom is 0.261 e. The maximum absolute atomic E-state index is 13.6. The molecule has 6 aromatic rings. The van der Waals surface area contributed by atoms with Crippen LogP contribution in [0.3, 0.4) is 0 Å². The van der Waals surface area contributed by atoms with E-state index in [1.54, 1.807) is 17.2 Å². The van der Waals surface area contributed by atoms with Gasteiger partial charge in [-0.05, 0) is 133 Å². The van der Waals surface area contributed by atoms with Gasteiger partial charge >= 0.3 is 0 Å². The van der Waals surface area contributed by atoms with Gasteiger partial charge in [0.1, 0.15) is 12.4 Å². The van der Waals surface area contributed by atoms with E-state index in [9.17, 15) is 29.4 Å². The number of nitrogens with zero attached hydrogens (tertiary/aromatic N) is 4.